The molecule has 2 unspecified atom stereocenters. The van der Waals surface area contributed by atoms with Crippen molar-refractivity contribution in [2.75, 3.05) is 26.9 Å². The maximum Gasteiger partial charge on any atom is 0.308 e. The molecule has 5 heteroatoms. The van der Waals surface area contributed by atoms with Crippen LogP contribution < -0.4 is 10.1 Å². The second kappa shape index (κ2) is 6.03. The molecule has 2 aliphatic rings. The van der Waals surface area contributed by atoms with Crippen molar-refractivity contribution in [1.82, 2.24) is 5.32 Å². The molecule has 0 aliphatic carbocycles. The number of carboxylic acid groups (broad SMARTS) is 1. The molecule has 0 bridgehead atoms. The molecule has 0 radical (unpaired) electrons. The molecule has 1 aromatic carbocycles. The number of rotatable bonds is 5. The van der Waals surface area contributed by atoms with Gasteiger partial charge in [0, 0.05) is 38.6 Å². The van der Waals surface area contributed by atoms with Crippen molar-refractivity contribution in [3.63, 3.8) is 0 Å². The number of aliphatic carboxylic acids is 1. The lowest BCUT2D eigenvalue weighted by Gasteiger charge is -2.20. The summed E-state index contributed by atoms with van der Waals surface area (Å²) in [6.07, 6.45) is 1.66. The normalized spacial score (nSPS) is 27.4. The van der Waals surface area contributed by atoms with Gasteiger partial charge >= 0.3 is 5.97 Å². The van der Waals surface area contributed by atoms with E-state index in [-0.39, 0.29) is 12.0 Å². The number of benzene rings is 1. The zero-order chi connectivity index (χ0) is 14.8. The first-order valence-corrected chi connectivity index (χ1v) is 7.41. The zero-order valence-corrected chi connectivity index (χ0v) is 12.2. The summed E-state index contributed by atoms with van der Waals surface area (Å²) in [5, 5.41) is 12.9. The van der Waals surface area contributed by atoms with E-state index in [0.29, 0.717) is 19.6 Å². The standard InChI is InChI=1S/C16H21NO4/c1-20-6-5-13-15(16(18)19)12(9-17-13)11-3-2-10-4-7-21-14(10)8-11/h2-3,8,12-13,15,17H,4-7,9H2,1H3,(H,18,19)/t12?,13?,15-/m1/s1. The van der Waals surface area contributed by atoms with Gasteiger partial charge in [-0.15, -0.1) is 0 Å². The van der Waals surface area contributed by atoms with Gasteiger partial charge in [-0.3, -0.25) is 4.79 Å². The minimum Gasteiger partial charge on any atom is -0.493 e. The first kappa shape index (κ1) is 14.4. The fourth-order valence-electron chi connectivity index (χ4n) is 3.42. The summed E-state index contributed by atoms with van der Waals surface area (Å²) >= 11 is 0. The van der Waals surface area contributed by atoms with Gasteiger partial charge in [0.05, 0.1) is 12.5 Å². The average Bonchev–Trinajstić information content (AvgIpc) is 3.10. The maximum absolute atomic E-state index is 11.7. The van der Waals surface area contributed by atoms with E-state index >= 15 is 0 Å². The summed E-state index contributed by atoms with van der Waals surface area (Å²) in [4.78, 5) is 11.7. The molecule has 1 saturated heterocycles. The molecule has 2 heterocycles. The monoisotopic (exact) mass is 291 g/mol. The Labute approximate surface area is 124 Å². The molecule has 0 amide bonds. The summed E-state index contributed by atoms with van der Waals surface area (Å²) in [5.41, 5.74) is 2.27. The van der Waals surface area contributed by atoms with Gasteiger partial charge < -0.3 is 19.9 Å². The predicted molar refractivity (Wildman–Crippen MR) is 77.8 cm³/mol. The van der Waals surface area contributed by atoms with Crippen LogP contribution in [0.4, 0.5) is 0 Å². The number of nitrogens with one attached hydrogen (secondary N) is 1. The summed E-state index contributed by atoms with van der Waals surface area (Å²) < 4.78 is 10.7. The highest BCUT2D eigenvalue weighted by molar-refractivity contribution is 5.73. The molecule has 1 fully saturated rings. The Morgan fingerprint density at radius 3 is 3.14 bits per heavy atom. The van der Waals surface area contributed by atoms with Crippen LogP contribution in [0.5, 0.6) is 5.75 Å². The summed E-state index contributed by atoms with van der Waals surface area (Å²) in [6.45, 7) is 1.98. The molecule has 0 aromatic heterocycles. The van der Waals surface area contributed by atoms with Gasteiger partial charge in [0.25, 0.3) is 0 Å². The van der Waals surface area contributed by atoms with Gasteiger partial charge in [0.2, 0.25) is 0 Å². The van der Waals surface area contributed by atoms with E-state index in [9.17, 15) is 9.90 Å². The molecule has 1 aromatic rings. The topological polar surface area (TPSA) is 67.8 Å². The summed E-state index contributed by atoms with van der Waals surface area (Å²) in [7, 11) is 1.64. The van der Waals surface area contributed by atoms with Crippen LogP contribution in [0.1, 0.15) is 23.5 Å². The van der Waals surface area contributed by atoms with Crippen molar-refractivity contribution in [3.05, 3.63) is 29.3 Å². The number of hydrogen-bond donors (Lipinski definition) is 2. The maximum atomic E-state index is 11.7. The molecule has 3 atom stereocenters. The van der Waals surface area contributed by atoms with Crippen molar-refractivity contribution in [3.8, 4) is 5.75 Å². The predicted octanol–water partition coefficient (Wildman–Crippen LogP) is 1.41. The highest BCUT2D eigenvalue weighted by Crippen LogP contribution is 2.37. The lowest BCUT2D eigenvalue weighted by Crippen LogP contribution is -2.33. The smallest absolute Gasteiger partial charge is 0.308 e. The Morgan fingerprint density at radius 2 is 2.38 bits per heavy atom. The highest BCUT2D eigenvalue weighted by atomic mass is 16.5. The minimum atomic E-state index is -0.743. The number of hydrogen-bond acceptors (Lipinski definition) is 4. The van der Waals surface area contributed by atoms with Gasteiger partial charge in [-0.1, -0.05) is 12.1 Å². The van der Waals surface area contributed by atoms with Gasteiger partial charge in [0.15, 0.2) is 0 Å². The zero-order valence-electron chi connectivity index (χ0n) is 12.2. The van der Waals surface area contributed by atoms with Crippen molar-refractivity contribution >= 4 is 5.97 Å². The fraction of sp³-hybridized carbons (Fsp3) is 0.562. The van der Waals surface area contributed by atoms with Crippen LogP contribution in [0.15, 0.2) is 18.2 Å². The third kappa shape index (κ3) is 2.76. The van der Waals surface area contributed by atoms with E-state index in [1.165, 1.54) is 5.56 Å². The first-order chi connectivity index (χ1) is 10.2. The summed E-state index contributed by atoms with van der Waals surface area (Å²) in [5.74, 6) is -0.261. The van der Waals surface area contributed by atoms with Crippen LogP contribution >= 0.6 is 0 Å². The molecule has 0 saturated carbocycles. The van der Waals surface area contributed by atoms with Crippen molar-refractivity contribution in [2.24, 2.45) is 5.92 Å². The Balaban J connectivity index is 1.82. The Hall–Kier alpha value is -1.59. The van der Waals surface area contributed by atoms with Gasteiger partial charge in [-0.25, -0.2) is 0 Å². The fourth-order valence-corrected chi connectivity index (χ4v) is 3.42. The van der Waals surface area contributed by atoms with E-state index in [2.05, 4.69) is 17.4 Å². The molecule has 2 aliphatic heterocycles. The quantitative estimate of drug-likeness (QED) is 0.858. The molecular formula is C16H21NO4. The van der Waals surface area contributed by atoms with Crippen molar-refractivity contribution in [2.45, 2.75) is 24.8 Å². The number of carbonyl (C=O) groups is 1. The lowest BCUT2D eigenvalue weighted by molar-refractivity contribution is -0.142. The highest BCUT2D eigenvalue weighted by Gasteiger charge is 2.41. The van der Waals surface area contributed by atoms with Crippen molar-refractivity contribution in [1.29, 1.82) is 0 Å². The second-order valence-corrected chi connectivity index (χ2v) is 5.73. The molecule has 114 valence electrons. The largest absolute Gasteiger partial charge is 0.493 e. The van der Waals surface area contributed by atoms with Gasteiger partial charge in [-0.2, -0.15) is 0 Å². The number of fused-ring (bicyclic) bond motifs is 1. The molecule has 3 rings (SSSR count). The van der Waals surface area contributed by atoms with Crippen molar-refractivity contribution < 1.29 is 19.4 Å². The third-order valence-electron chi connectivity index (χ3n) is 4.53. The Kier molecular flexibility index (Phi) is 4.12. The van der Waals surface area contributed by atoms with Crippen LogP contribution in [0.25, 0.3) is 0 Å². The van der Waals surface area contributed by atoms with Gasteiger partial charge in [0.1, 0.15) is 5.75 Å². The number of carboxylic acids is 1. The van der Waals surface area contributed by atoms with Crippen LogP contribution in [-0.2, 0) is 16.0 Å². The van der Waals surface area contributed by atoms with E-state index in [0.717, 1.165) is 24.3 Å². The Morgan fingerprint density at radius 1 is 1.52 bits per heavy atom. The number of methoxy groups -OCH3 is 1. The van der Waals surface area contributed by atoms with Crippen LogP contribution in [0.2, 0.25) is 0 Å². The first-order valence-electron chi connectivity index (χ1n) is 7.41. The van der Waals surface area contributed by atoms with E-state index in [4.69, 9.17) is 9.47 Å². The van der Waals surface area contributed by atoms with E-state index < -0.39 is 11.9 Å². The lowest BCUT2D eigenvalue weighted by atomic mass is 9.84. The van der Waals surface area contributed by atoms with Crippen LogP contribution in [-0.4, -0.2) is 44.0 Å². The van der Waals surface area contributed by atoms with Crippen LogP contribution in [0, 0.1) is 5.92 Å². The second-order valence-electron chi connectivity index (χ2n) is 5.73. The number of ether oxygens (including phenoxy) is 2. The molecular weight excluding hydrogens is 270 g/mol. The van der Waals surface area contributed by atoms with Gasteiger partial charge in [-0.05, 0) is 23.6 Å². The van der Waals surface area contributed by atoms with E-state index in [1.807, 2.05) is 6.07 Å². The SMILES string of the molecule is COCCC1NCC(c2ccc3c(c2)OCC3)[C@H]1C(=O)O. The Bertz CT molecular complexity index is 531. The minimum absolute atomic E-state index is 0.0149. The van der Waals surface area contributed by atoms with Crippen LogP contribution in [0.3, 0.4) is 0 Å². The van der Waals surface area contributed by atoms with E-state index in [1.54, 1.807) is 7.11 Å². The molecule has 0 spiro atoms. The molecule has 2 N–H and O–H groups in total. The summed E-state index contributed by atoms with van der Waals surface area (Å²) in [6, 6.07) is 6.10. The average molecular weight is 291 g/mol. The third-order valence-corrected chi connectivity index (χ3v) is 4.53. The molecule has 21 heavy (non-hydrogen) atoms. The molecule has 5 nitrogen and oxygen atoms in total.